The summed E-state index contributed by atoms with van der Waals surface area (Å²) in [7, 11) is 0. The summed E-state index contributed by atoms with van der Waals surface area (Å²) in [6, 6.07) is 6.96. The molecule has 3 heterocycles. The summed E-state index contributed by atoms with van der Waals surface area (Å²) in [4.78, 5) is 7.75. The van der Waals surface area contributed by atoms with Crippen molar-refractivity contribution in [2.24, 2.45) is 5.92 Å². The Morgan fingerprint density at radius 1 is 1.36 bits per heavy atom. The number of benzene rings is 1. The van der Waals surface area contributed by atoms with E-state index in [1.807, 2.05) is 0 Å². The van der Waals surface area contributed by atoms with Crippen LogP contribution in [0.3, 0.4) is 0 Å². The van der Waals surface area contributed by atoms with Crippen LogP contribution in [0.5, 0.6) is 0 Å². The quantitative estimate of drug-likeness (QED) is 0.700. The molecule has 1 saturated heterocycles. The number of hydrogen-bond acceptors (Lipinski definition) is 5. The predicted octanol–water partition coefficient (Wildman–Crippen LogP) is 4.07. The number of aromatic amines is 1. The number of hydrogen-bond donors (Lipinski definition) is 2. The van der Waals surface area contributed by atoms with Gasteiger partial charge in [0.05, 0.1) is 29.7 Å². The van der Waals surface area contributed by atoms with Gasteiger partial charge in [-0.2, -0.15) is 5.26 Å². The van der Waals surface area contributed by atoms with Gasteiger partial charge in [-0.1, -0.05) is 6.92 Å². The third-order valence-electron chi connectivity index (χ3n) is 6.00. The third kappa shape index (κ3) is 2.72. The van der Waals surface area contributed by atoms with Crippen LogP contribution in [-0.4, -0.2) is 35.0 Å². The smallest absolute Gasteiger partial charge is 0.168 e. The third-order valence-corrected chi connectivity index (χ3v) is 6.00. The lowest BCUT2D eigenvalue weighted by atomic mass is 9.81. The standard InChI is InChI=1S/C21H21FN4O2/c1-12-9-21(27-6-7-28-21)5-4-16(12)26-20-18-15-8-14(22)2-3-17(15)25-19(18)13(10-23)11-24-20/h2-3,8,11-12,16,25H,4-7,9H2,1H3,(H,24,26)/t12-,16+/m0/s1. The van der Waals surface area contributed by atoms with Crippen molar-refractivity contribution in [2.75, 3.05) is 18.5 Å². The Morgan fingerprint density at radius 2 is 2.18 bits per heavy atom. The molecule has 7 heteroatoms. The van der Waals surface area contributed by atoms with Gasteiger partial charge in [-0.25, -0.2) is 9.37 Å². The number of pyridine rings is 1. The fourth-order valence-electron chi connectivity index (χ4n) is 4.61. The lowest BCUT2D eigenvalue weighted by Gasteiger charge is -2.40. The van der Waals surface area contributed by atoms with Crippen LogP contribution in [-0.2, 0) is 9.47 Å². The number of rotatable bonds is 2. The van der Waals surface area contributed by atoms with Crippen molar-refractivity contribution in [2.45, 2.75) is 38.0 Å². The maximum absolute atomic E-state index is 13.9. The van der Waals surface area contributed by atoms with Gasteiger partial charge in [0.2, 0.25) is 0 Å². The number of anilines is 1. The number of aromatic nitrogens is 2. The first-order valence-electron chi connectivity index (χ1n) is 9.63. The summed E-state index contributed by atoms with van der Waals surface area (Å²) in [6.07, 6.45) is 4.11. The van der Waals surface area contributed by atoms with E-state index < -0.39 is 5.79 Å². The van der Waals surface area contributed by atoms with E-state index in [0.717, 1.165) is 35.6 Å². The lowest BCUT2D eigenvalue weighted by molar-refractivity contribution is -0.186. The van der Waals surface area contributed by atoms with Gasteiger partial charge in [-0.05, 0) is 30.5 Å². The van der Waals surface area contributed by atoms with Crippen molar-refractivity contribution in [1.29, 1.82) is 5.26 Å². The molecule has 0 radical (unpaired) electrons. The van der Waals surface area contributed by atoms with E-state index in [2.05, 4.69) is 28.3 Å². The molecule has 0 unspecified atom stereocenters. The number of nitrogens with zero attached hydrogens (tertiary/aromatic N) is 2. The molecule has 2 fully saturated rings. The summed E-state index contributed by atoms with van der Waals surface area (Å²) in [6.45, 7) is 3.49. The van der Waals surface area contributed by atoms with Crippen molar-refractivity contribution in [3.05, 3.63) is 35.8 Å². The number of halogens is 1. The molecule has 5 rings (SSSR count). The highest BCUT2D eigenvalue weighted by molar-refractivity contribution is 6.13. The molecule has 144 valence electrons. The Bertz CT molecular complexity index is 1100. The minimum absolute atomic E-state index is 0.195. The summed E-state index contributed by atoms with van der Waals surface area (Å²) in [5.41, 5.74) is 1.91. The molecule has 1 aliphatic heterocycles. The molecule has 2 N–H and O–H groups in total. The van der Waals surface area contributed by atoms with Gasteiger partial charge in [0, 0.05) is 36.0 Å². The summed E-state index contributed by atoms with van der Waals surface area (Å²) in [5, 5.41) is 14.5. The number of fused-ring (bicyclic) bond motifs is 3. The van der Waals surface area contributed by atoms with E-state index in [9.17, 15) is 9.65 Å². The van der Waals surface area contributed by atoms with Crippen LogP contribution in [0.4, 0.5) is 10.2 Å². The number of ether oxygens (including phenoxy) is 2. The fourth-order valence-corrected chi connectivity index (χ4v) is 4.61. The second-order valence-electron chi connectivity index (χ2n) is 7.78. The van der Waals surface area contributed by atoms with Gasteiger partial charge in [0.15, 0.2) is 5.79 Å². The van der Waals surface area contributed by atoms with Crippen LogP contribution in [0.1, 0.15) is 31.7 Å². The predicted molar refractivity (Wildman–Crippen MR) is 103 cm³/mol. The molecular formula is C21H21FN4O2. The highest BCUT2D eigenvalue weighted by Crippen LogP contribution is 2.41. The van der Waals surface area contributed by atoms with E-state index in [1.54, 1.807) is 12.3 Å². The SMILES string of the molecule is C[C@H]1CC2(CC[C@H]1Nc1ncc(C#N)c3[nH]c4ccc(F)cc4c13)OCCO2. The van der Waals surface area contributed by atoms with Crippen molar-refractivity contribution in [1.82, 2.24) is 9.97 Å². The molecule has 1 aliphatic carbocycles. The van der Waals surface area contributed by atoms with Crippen molar-refractivity contribution >= 4 is 27.6 Å². The average molecular weight is 380 g/mol. The Hall–Kier alpha value is -2.69. The van der Waals surface area contributed by atoms with Gasteiger partial charge in [0.1, 0.15) is 17.7 Å². The van der Waals surface area contributed by atoms with Crippen LogP contribution in [0.25, 0.3) is 21.8 Å². The largest absolute Gasteiger partial charge is 0.366 e. The highest BCUT2D eigenvalue weighted by atomic mass is 19.1. The Labute approximate surface area is 161 Å². The molecule has 1 saturated carbocycles. The molecule has 2 aliphatic rings. The monoisotopic (exact) mass is 380 g/mol. The topological polar surface area (TPSA) is 83.0 Å². The minimum atomic E-state index is -0.436. The number of nitrogens with one attached hydrogen (secondary N) is 2. The maximum Gasteiger partial charge on any atom is 0.168 e. The zero-order valence-electron chi connectivity index (χ0n) is 15.6. The van der Waals surface area contributed by atoms with Crippen LogP contribution in [0.15, 0.2) is 24.4 Å². The van der Waals surface area contributed by atoms with Crippen molar-refractivity contribution < 1.29 is 13.9 Å². The highest BCUT2D eigenvalue weighted by Gasteiger charge is 2.43. The molecular weight excluding hydrogens is 359 g/mol. The first-order chi connectivity index (χ1) is 13.6. The van der Waals surface area contributed by atoms with E-state index in [0.29, 0.717) is 36.0 Å². The van der Waals surface area contributed by atoms with Crippen LogP contribution in [0.2, 0.25) is 0 Å². The van der Waals surface area contributed by atoms with E-state index >= 15 is 0 Å². The Kier molecular flexibility index (Phi) is 4.00. The molecule has 6 nitrogen and oxygen atoms in total. The molecule has 2 aromatic heterocycles. The average Bonchev–Trinajstić information content (AvgIpc) is 3.29. The Morgan fingerprint density at radius 3 is 2.93 bits per heavy atom. The van der Waals surface area contributed by atoms with Crippen molar-refractivity contribution in [3.8, 4) is 6.07 Å². The molecule has 2 atom stereocenters. The van der Waals surface area contributed by atoms with Crippen LogP contribution in [0, 0.1) is 23.1 Å². The first kappa shape index (κ1) is 17.4. The second-order valence-corrected chi connectivity index (χ2v) is 7.78. The fraction of sp³-hybridized carbons (Fsp3) is 0.429. The van der Waals surface area contributed by atoms with Gasteiger partial charge in [-0.3, -0.25) is 0 Å². The normalized spacial score (nSPS) is 24.0. The van der Waals surface area contributed by atoms with Gasteiger partial charge in [0.25, 0.3) is 0 Å². The number of H-pyrrole nitrogens is 1. The summed E-state index contributed by atoms with van der Waals surface area (Å²) < 4.78 is 25.6. The zero-order valence-corrected chi connectivity index (χ0v) is 15.6. The van der Waals surface area contributed by atoms with Gasteiger partial charge >= 0.3 is 0 Å². The molecule has 28 heavy (non-hydrogen) atoms. The van der Waals surface area contributed by atoms with Crippen molar-refractivity contribution in [3.63, 3.8) is 0 Å². The molecule has 1 aromatic carbocycles. The Balaban J connectivity index is 1.53. The van der Waals surface area contributed by atoms with Crippen LogP contribution >= 0.6 is 0 Å². The van der Waals surface area contributed by atoms with E-state index in [4.69, 9.17) is 9.47 Å². The molecule has 1 spiro atoms. The van der Waals surface area contributed by atoms with E-state index in [-0.39, 0.29) is 11.9 Å². The number of nitriles is 1. The van der Waals surface area contributed by atoms with Gasteiger partial charge < -0.3 is 19.8 Å². The molecule has 0 bridgehead atoms. The molecule has 3 aromatic rings. The lowest BCUT2D eigenvalue weighted by Crippen LogP contribution is -2.44. The summed E-state index contributed by atoms with van der Waals surface area (Å²) in [5.74, 6) is 0.243. The second kappa shape index (κ2) is 6.43. The zero-order chi connectivity index (χ0) is 19.3. The first-order valence-corrected chi connectivity index (χ1v) is 9.63. The van der Waals surface area contributed by atoms with Gasteiger partial charge in [-0.15, -0.1) is 0 Å². The maximum atomic E-state index is 13.9. The summed E-state index contributed by atoms with van der Waals surface area (Å²) >= 11 is 0. The van der Waals surface area contributed by atoms with E-state index in [1.165, 1.54) is 12.1 Å². The minimum Gasteiger partial charge on any atom is -0.366 e. The van der Waals surface area contributed by atoms with Crippen LogP contribution < -0.4 is 5.32 Å². The molecule has 0 amide bonds.